The van der Waals surface area contributed by atoms with Gasteiger partial charge in [-0.3, -0.25) is 9.36 Å². The lowest BCUT2D eigenvalue weighted by atomic mass is 9.96. The molecule has 1 saturated heterocycles. The molecule has 3 rings (SSSR count). The molecule has 1 aliphatic rings. The van der Waals surface area contributed by atoms with Gasteiger partial charge in [0, 0.05) is 13.0 Å². The number of hydrogen-bond donors (Lipinski definition) is 4. The summed E-state index contributed by atoms with van der Waals surface area (Å²) >= 11 is 5.64. The molecule has 2 heterocycles. The van der Waals surface area contributed by atoms with Crippen LogP contribution >= 0.6 is 12.2 Å². The van der Waals surface area contributed by atoms with Crippen LogP contribution in [0.15, 0.2) is 24.3 Å². The predicted molar refractivity (Wildman–Crippen MR) is 118 cm³/mol. The molecular weight excluding hydrogens is 436 g/mol. The molecule has 1 aromatic carbocycles. The van der Waals surface area contributed by atoms with Crippen LogP contribution in [0.1, 0.15) is 44.4 Å². The Kier molecular flexibility index (Phi) is 7.67. The Morgan fingerprint density at radius 2 is 2.00 bits per heavy atom. The standard InChI is InChI=1S/C21H30N4O6S/c1-11(2)24-16(10-30-14-8-6-5-7-12(14)3)23-25(21(24)32)20-17(22-13(4)27)19(29)18(28)15(9-26)31-20/h5-8,11,15,17-20,26,28-29H,9-10H2,1-4H3,(H,22,27)/t15-,17-,18-,19+,20+/m1/s1. The lowest BCUT2D eigenvalue weighted by molar-refractivity contribution is -0.219. The molecule has 2 aromatic rings. The van der Waals surface area contributed by atoms with Crippen LogP contribution < -0.4 is 10.1 Å². The van der Waals surface area contributed by atoms with E-state index in [9.17, 15) is 20.1 Å². The number of nitrogens with one attached hydrogen (secondary N) is 1. The highest BCUT2D eigenvalue weighted by Crippen LogP contribution is 2.29. The summed E-state index contributed by atoms with van der Waals surface area (Å²) in [5.74, 6) is 0.821. The van der Waals surface area contributed by atoms with Gasteiger partial charge in [-0.1, -0.05) is 18.2 Å². The lowest BCUT2D eigenvalue weighted by Gasteiger charge is -2.42. The zero-order chi connectivity index (χ0) is 23.6. The van der Waals surface area contributed by atoms with E-state index in [4.69, 9.17) is 21.7 Å². The van der Waals surface area contributed by atoms with E-state index in [0.29, 0.717) is 16.3 Å². The molecule has 0 spiro atoms. The van der Waals surface area contributed by atoms with Crippen LogP contribution in [0, 0.1) is 11.7 Å². The van der Waals surface area contributed by atoms with Crippen molar-refractivity contribution in [1.29, 1.82) is 0 Å². The van der Waals surface area contributed by atoms with Crippen molar-refractivity contribution >= 4 is 18.1 Å². The van der Waals surface area contributed by atoms with Crippen LogP contribution in [-0.4, -0.2) is 66.5 Å². The number of ether oxygens (including phenoxy) is 2. The summed E-state index contributed by atoms with van der Waals surface area (Å²) in [5.41, 5.74) is 0.978. The summed E-state index contributed by atoms with van der Waals surface area (Å²) in [6.45, 7) is 6.73. The number of aryl methyl sites for hydroxylation is 1. The SMILES string of the molecule is CC(=O)N[C@@H]1[C@H](O)[C@H](O)[C@@H](CO)O[C@@H]1n1nc(COc2ccccc2C)n(C(C)C)c1=S. The normalized spacial score (nSPS) is 25.7. The van der Waals surface area contributed by atoms with Gasteiger partial charge in [-0.25, -0.2) is 4.68 Å². The number of aliphatic hydroxyl groups excluding tert-OH is 3. The Bertz CT molecular complexity index is 1010. The molecule has 4 N–H and O–H groups in total. The van der Waals surface area contributed by atoms with Crippen LogP contribution in [-0.2, 0) is 16.1 Å². The molecule has 1 aliphatic heterocycles. The highest BCUT2D eigenvalue weighted by Gasteiger charge is 2.46. The summed E-state index contributed by atoms with van der Waals surface area (Å²) < 4.78 is 15.3. The molecule has 0 unspecified atom stereocenters. The number of aromatic nitrogens is 3. The summed E-state index contributed by atoms with van der Waals surface area (Å²) in [6.07, 6.45) is -4.90. The summed E-state index contributed by atoms with van der Waals surface area (Å²) in [7, 11) is 0. The van der Waals surface area contributed by atoms with Crippen molar-refractivity contribution in [2.24, 2.45) is 0 Å². The highest BCUT2D eigenvalue weighted by molar-refractivity contribution is 7.71. The van der Waals surface area contributed by atoms with Crippen molar-refractivity contribution in [1.82, 2.24) is 19.7 Å². The van der Waals surface area contributed by atoms with Crippen LogP contribution in [0.25, 0.3) is 0 Å². The first kappa shape index (κ1) is 24.3. The number of carbonyl (C=O) groups excluding carboxylic acids is 1. The maximum absolute atomic E-state index is 11.8. The van der Waals surface area contributed by atoms with E-state index >= 15 is 0 Å². The van der Waals surface area contributed by atoms with Crippen molar-refractivity contribution in [3.05, 3.63) is 40.4 Å². The zero-order valence-electron chi connectivity index (χ0n) is 18.5. The second-order valence-electron chi connectivity index (χ2n) is 8.12. The molecule has 5 atom stereocenters. The molecule has 1 amide bonds. The van der Waals surface area contributed by atoms with Gasteiger partial charge in [-0.15, -0.1) is 0 Å². The van der Waals surface area contributed by atoms with E-state index in [-0.39, 0.29) is 12.6 Å². The first-order valence-corrected chi connectivity index (χ1v) is 10.8. The van der Waals surface area contributed by atoms with Crippen LogP contribution in [0.5, 0.6) is 5.75 Å². The Morgan fingerprint density at radius 3 is 2.59 bits per heavy atom. The quantitative estimate of drug-likeness (QED) is 0.445. The molecule has 0 aliphatic carbocycles. The molecular formula is C21H30N4O6S. The third-order valence-corrected chi connectivity index (χ3v) is 5.76. The number of benzene rings is 1. The van der Waals surface area contributed by atoms with Gasteiger partial charge >= 0.3 is 0 Å². The fraction of sp³-hybridized carbons (Fsp3) is 0.571. The third-order valence-electron chi connectivity index (χ3n) is 5.38. The van der Waals surface area contributed by atoms with E-state index in [1.807, 2.05) is 45.0 Å². The average molecular weight is 467 g/mol. The number of para-hydroxylation sites is 1. The minimum absolute atomic E-state index is 0.0568. The number of carbonyl (C=O) groups is 1. The average Bonchev–Trinajstić information content (AvgIpc) is 3.07. The van der Waals surface area contributed by atoms with Crippen molar-refractivity contribution in [3.8, 4) is 5.75 Å². The highest BCUT2D eigenvalue weighted by atomic mass is 32.1. The summed E-state index contributed by atoms with van der Waals surface area (Å²) in [5, 5.41) is 37.7. The van der Waals surface area contributed by atoms with Crippen molar-refractivity contribution in [2.45, 2.75) is 70.9 Å². The number of amides is 1. The molecule has 0 saturated carbocycles. The Balaban J connectivity index is 1.99. The summed E-state index contributed by atoms with van der Waals surface area (Å²) in [4.78, 5) is 11.8. The van der Waals surface area contributed by atoms with Crippen molar-refractivity contribution in [2.75, 3.05) is 6.61 Å². The molecule has 10 nitrogen and oxygen atoms in total. The number of hydrogen-bond acceptors (Lipinski definition) is 8. The van der Waals surface area contributed by atoms with E-state index in [1.54, 1.807) is 4.57 Å². The van der Waals surface area contributed by atoms with Crippen LogP contribution in [0.2, 0.25) is 0 Å². The first-order valence-electron chi connectivity index (χ1n) is 10.4. The third kappa shape index (κ3) is 4.86. The van der Waals surface area contributed by atoms with Gasteiger partial charge in [0.1, 0.15) is 36.7 Å². The number of nitrogens with zero attached hydrogens (tertiary/aromatic N) is 3. The van der Waals surface area contributed by atoms with Crippen molar-refractivity contribution in [3.63, 3.8) is 0 Å². The molecule has 1 aromatic heterocycles. The fourth-order valence-electron chi connectivity index (χ4n) is 3.78. The maximum Gasteiger partial charge on any atom is 0.217 e. The van der Waals surface area contributed by atoms with E-state index in [1.165, 1.54) is 11.6 Å². The molecule has 32 heavy (non-hydrogen) atoms. The van der Waals surface area contributed by atoms with E-state index in [2.05, 4.69) is 10.4 Å². The largest absolute Gasteiger partial charge is 0.485 e. The second kappa shape index (κ2) is 10.1. The van der Waals surface area contributed by atoms with Gasteiger partial charge in [0.25, 0.3) is 0 Å². The van der Waals surface area contributed by atoms with Crippen LogP contribution in [0.3, 0.4) is 0 Å². The number of aliphatic hydroxyl groups is 3. The topological polar surface area (TPSA) is 131 Å². The van der Waals surface area contributed by atoms with Crippen LogP contribution in [0.4, 0.5) is 0 Å². The van der Waals surface area contributed by atoms with Crippen molar-refractivity contribution < 1.29 is 29.6 Å². The number of rotatable bonds is 7. The minimum Gasteiger partial charge on any atom is -0.485 e. The van der Waals surface area contributed by atoms with Gasteiger partial charge < -0.3 is 30.1 Å². The molecule has 1 fully saturated rings. The monoisotopic (exact) mass is 466 g/mol. The smallest absolute Gasteiger partial charge is 0.217 e. The van der Waals surface area contributed by atoms with Gasteiger partial charge in [0.15, 0.2) is 12.1 Å². The van der Waals surface area contributed by atoms with Gasteiger partial charge in [-0.05, 0) is 44.6 Å². The fourth-order valence-corrected chi connectivity index (χ4v) is 4.24. The second-order valence-corrected chi connectivity index (χ2v) is 8.48. The predicted octanol–water partition coefficient (Wildman–Crippen LogP) is 0.999. The van der Waals surface area contributed by atoms with Gasteiger partial charge in [0.05, 0.1) is 6.61 Å². The molecule has 176 valence electrons. The Morgan fingerprint density at radius 1 is 1.31 bits per heavy atom. The van der Waals surface area contributed by atoms with Gasteiger partial charge in [-0.2, -0.15) is 5.10 Å². The Hall–Kier alpha value is -2.31. The summed E-state index contributed by atoms with van der Waals surface area (Å²) in [6, 6.07) is 6.52. The molecule has 0 radical (unpaired) electrons. The Labute approximate surface area is 191 Å². The lowest BCUT2D eigenvalue weighted by Crippen LogP contribution is -2.62. The maximum atomic E-state index is 11.8. The van der Waals surface area contributed by atoms with E-state index < -0.39 is 43.1 Å². The van der Waals surface area contributed by atoms with Gasteiger partial charge in [0.2, 0.25) is 10.7 Å². The first-order chi connectivity index (χ1) is 15.1. The molecule has 11 heteroatoms. The zero-order valence-corrected chi connectivity index (χ0v) is 19.3. The van der Waals surface area contributed by atoms with E-state index in [0.717, 1.165) is 5.56 Å². The molecule has 0 bridgehead atoms. The minimum atomic E-state index is -1.40.